The van der Waals surface area contributed by atoms with E-state index in [1.54, 1.807) is 0 Å². The molecule has 0 saturated carbocycles. The van der Waals surface area contributed by atoms with Gasteiger partial charge in [0.25, 0.3) is 0 Å². The van der Waals surface area contributed by atoms with Crippen LogP contribution in [0.3, 0.4) is 0 Å². The zero-order chi connectivity index (χ0) is 37.2. The molecule has 8 aromatic carbocycles. The van der Waals surface area contributed by atoms with Crippen molar-refractivity contribution in [1.82, 2.24) is 14.5 Å². The summed E-state index contributed by atoms with van der Waals surface area (Å²) in [5.74, 6) is 0.998. The van der Waals surface area contributed by atoms with Crippen LogP contribution in [0.25, 0.3) is 77.6 Å². The molecule has 2 heterocycles. The number of nitrogens with zero attached hydrogens (tertiary/aromatic N) is 3. The topological polar surface area (TPSA) is 30.7 Å². The first kappa shape index (κ1) is 32.3. The summed E-state index contributed by atoms with van der Waals surface area (Å²) in [7, 11) is 0. The average Bonchev–Trinajstić information content (AvgIpc) is 3.80. The van der Waals surface area contributed by atoms with E-state index < -0.39 is 5.41 Å². The highest BCUT2D eigenvalue weighted by atomic mass is 15.1. The molecular weight excluding hydrogens is 679 g/mol. The Bertz CT molecular complexity index is 3070. The maximum atomic E-state index is 5.46. The van der Waals surface area contributed by atoms with Gasteiger partial charge in [0.2, 0.25) is 0 Å². The summed E-state index contributed by atoms with van der Waals surface area (Å²) >= 11 is 0. The minimum Gasteiger partial charge on any atom is -0.324 e. The number of rotatable bonds is 6. The van der Waals surface area contributed by atoms with E-state index in [1.807, 2.05) is 0 Å². The van der Waals surface area contributed by atoms with Crippen molar-refractivity contribution in [3.8, 4) is 44.9 Å². The summed E-state index contributed by atoms with van der Waals surface area (Å²) in [5, 5.41) is 3.52. The minimum atomic E-state index is -0.493. The molecule has 264 valence electrons. The highest BCUT2D eigenvalue weighted by Gasteiger charge is 2.46. The molecule has 0 amide bonds. The van der Waals surface area contributed by atoms with Gasteiger partial charge in [0, 0.05) is 28.4 Å². The number of aromatic nitrogens is 3. The predicted molar refractivity (Wildman–Crippen MR) is 232 cm³/mol. The Morgan fingerprint density at radius 2 is 1.07 bits per heavy atom. The molecule has 1 aliphatic carbocycles. The SMILES string of the molecule is CCn1c(-c2ccc(-c3cccc(-c4nc5ccccc5c5cc6c(cc45)C(c4ccccc4)(c4ccccc4)c4ccccc4-6)c3)cc2)nc2ccccc21. The van der Waals surface area contributed by atoms with E-state index in [9.17, 15) is 0 Å². The van der Waals surface area contributed by atoms with Gasteiger partial charge in [-0.3, -0.25) is 0 Å². The van der Waals surface area contributed by atoms with Crippen molar-refractivity contribution in [3.05, 3.63) is 216 Å². The first-order valence-electron chi connectivity index (χ1n) is 19.5. The van der Waals surface area contributed by atoms with Gasteiger partial charge in [0.05, 0.1) is 27.7 Å². The second-order valence-electron chi connectivity index (χ2n) is 14.8. The van der Waals surface area contributed by atoms with Gasteiger partial charge in [-0.1, -0.05) is 158 Å². The van der Waals surface area contributed by atoms with Crippen molar-refractivity contribution in [2.75, 3.05) is 0 Å². The molecule has 0 bridgehead atoms. The lowest BCUT2D eigenvalue weighted by Gasteiger charge is -2.34. The van der Waals surface area contributed by atoms with E-state index in [-0.39, 0.29) is 0 Å². The molecule has 0 aliphatic heterocycles. The van der Waals surface area contributed by atoms with Crippen LogP contribution in [0.5, 0.6) is 0 Å². The largest absolute Gasteiger partial charge is 0.324 e. The predicted octanol–water partition coefficient (Wildman–Crippen LogP) is 13.1. The second-order valence-corrected chi connectivity index (χ2v) is 14.8. The molecule has 0 atom stereocenters. The lowest BCUT2D eigenvalue weighted by atomic mass is 9.67. The maximum absolute atomic E-state index is 5.46. The fourth-order valence-electron chi connectivity index (χ4n) is 9.38. The highest BCUT2D eigenvalue weighted by molar-refractivity contribution is 6.13. The number of aryl methyl sites for hydroxylation is 1. The summed E-state index contributed by atoms with van der Waals surface area (Å²) in [6, 6.07) is 70.6. The van der Waals surface area contributed by atoms with Crippen LogP contribution < -0.4 is 0 Å². The number of benzene rings is 8. The molecule has 0 radical (unpaired) electrons. The lowest BCUT2D eigenvalue weighted by molar-refractivity contribution is 0.769. The molecule has 56 heavy (non-hydrogen) atoms. The van der Waals surface area contributed by atoms with Crippen molar-refractivity contribution in [1.29, 1.82) is 0 Å². The van der Waals surface area contributed by atoms with Crippen LogP contribution >= 0.6 is 0 Å². The van der Waals surface area contributed by atoms with E-state index in [0.717, 1.165) is 67.6 Å². The fourth-order valence-corrected chi connectivity index (χ4v) is 9.38. The second kappa shape index (κ2) is 12.8. The number of pyridine rings is 1. The molecule has 0 fully saturated rings. The van der Waals surface area contributed by atoms with Crippen molar-refractivity contribution >= 4 is 32.7 Å². The molecule has 0 saturated heterocycles. The summed E-state index contributed by atoms with van der Waals surface area (Å²) in [6.07, 6.45) is 0. The van der Waals surface area contributed by atoms with Gasteiger partial charge < -0.3 is 4.57 Å². The molecule has 11 rings (SSSR count). The molecule has 3 heteroatoms. The molecule has 10 aromatic rings. The lowest BCUT2D eigenvalue weighted by Crippen LogP contribution is -2.28. The third-order valence-corrected chi connectivity index (χ3v) is 11.9. The van der Waals surface area contributed by atoms with Crippen LogP contribution in [0.2, 0.25) is 0 Å². The van der Waals surface area contributed by atoms with Gasteiger partial charge in [0.1, 0.15) is 5.82 Å². The number of hydrogen-bond acceptors (Lipinski definition) is 2. The van der Waals surface area contributed by atoms with Crippen LogP contribution in [0.15, 0.2) is 194 Å². The average molecular weight is 716 g/mol. The number of hydrogen-bond donors (Lipinski definition) is 0. The third-order valence-electron chi connectivity index (χ3n) is 11.9. The van der Waals surface area contributed by atoms with Crippen LogP contribution in [0, 0.1) is 0 Å². The Labute approximate surface area is 326 Å². The first-order valence-corrected chi connectivity index (χ1v) is 19.5. The van der Waals surface area contributed by atoms with Crippen LogP contribution in [-0.2, 0) is 12.0 Å². The Balaban J connectivity index is 1.12. The molecule has 0 N–H and O–H groups in total. The number of para-hydroxylation sites is 3. The van der Waals surface area contributed by atoms with E-state index in [4.69, 9.17) is 9.97 Å². The zero-order valence-corrected chi connectivity index (χ0v) is 31.0. The van der Waals surface area contributed by atoms with Gasteiger partial charge in [-0.25, -0.2) is 9.97 Å². The number of imidazole rings is 1. The molecule has 1 aliphatic rings. The van der Waals surface area contributed by atoms with E-state index in [0.29, 0.717) is 0 Å². The molecular formula is C53H37N3. The highest BCUT2D eigenvalue weighted by Crippen LogP contribution is 2.57. The van der Waals surface area contributed by atoms with Gasteiger partial charge in [-0.15, -0.1) is 0 Å². The van der Waals surface area contributed by atoms with E-state index in [2.05, 4.69) is 206 Å². The normalized spacial score (nSPS) is 12.9. The molecule has 3 nitrogen and oxygen atoms in total. The summed E-state index contributed by atoms with van der Waals surface area (Å²) in [4.78, 5) is 10.5. The van der Waals surface area contributed by atoms with Crippen molar-refractivity contribution in [3.63, 3.8) is 0 Å². The molecule has 0 unspecified atom stereocenters. The van der Waals surface area contributed by atoms with Crippen LogP contribution in [0.4, 0.5) is 0 Å². The number of fused-ring (bicyclic) bond motifs is 7. The minimum absolute atomic E-state index is 0.493. The Hall–Kier alpha value is -7.10. The van der Waals surface area contributed by atoms with Gasteiger partial charge in [-0.05, 0) is 93.2 Å². The third kappa shape index (κ3) is 4.77. The van der Waals surface area contributed by atoms with Gasteiger partial charge >= 0.3 is 0 Å². The monoisotopic (exact) mass is 715 g/mol. The van der Waals surface area contributed by atoms with Crippen molar-refractivity contribution in [2.45, 2.75) is 18.9 Å². The van der Waals surface area contributed by atoms with Crippen molar-refractivity contribution < 1.29 is 0 Å². The van der Waals surface area contributed by atoms with Crippen molar-refractivity contribution in [2.24, 2.45) is 0 Å². The standard InChI is InChI=1S/C53H37N3/c1-2-56-50-27-14-13-26-49(50)55-52(56)36-30-28-35(29-31-36)37-16-15-17-38(32-37)51-45-34-47-44(33-43(45)42-23-10-12-25-48(42)54-51)41-22-9-11-24-46(41)53(47,39-18-5-3-6-19-39)40-20-7-4-8-21-40/h3-34H,2H2,1H3. The quantitative estimate of drug-likeness (QED) is 0.161. The Morgan fingerprint density at radius 1 is 0.429 bits per heavy atom. The van der Waals surface area contributed by atoms with Gasteiger partial charge in [-0.2, -0.15) is 0 Å². The zero-order valence-electron chi connectivity index (χ0n) is 31.0. The summed E-state index contributed by atoms with van der Waals surface area (Å²) in [6.45, 7) is 3.04. The van der Waals surface area contributed by atoms with Crippen LogP contribution in [0.1, 0.15) is 29.2 Å². The first-order chi connectivity index (χ1) is 27.7. The Morgan fingerprint density at radius 3 is 1.84 bits per heavy atom. The smallest absolute Gasteiger partial charge is 0.141 e. The van der Waals surface area contributed by atoms with Crippen LogP contribution in [-0.4, -0.2) is 14.5 Å². The fraction of sp³-hybridized carbons (Fsp3) is 0.0566. The molecule has 2 aromatic heterocycles. The molecule has 0 spiro atoms. The van der Waals surface area contributed by atoms with E-state index in [1.165, 1.54) is 38.8 Å². The summed E-state index contributed by atoms with van der Waals surface area (Å²) in [5.41, 5.74) is 15.8. The van der Waals surface area contributed by atoms with E-state index >= 15 is 0 Å². The maximum Gasteiger partial charge on any atom is 0.141 e. The van der Waals surface area contributed by atoms with Gasteiger partial charge in [0.15, 0.2) is 0 Å². The summed E-state index contributed by atoms with van der Waals surface area (Å²) < 4.78 is 2.29. The Kier molecular flexibility index (Phi) is 7.36.